The second-order valence-electron chi connectivity index (χ2n) is 3.11. The molecule has 5 heteroatoms. The zero-order valence-corrected chi connectivity index (χ0v) is 7.98. The van der Waals surface area contributed by atoms with E-state index in [2.05, 4.69) is 0 Å². The van der Waals surface area contributed by atoms with Crippen LogP contribution in [0.4, 0.5) is 0 Å². The molecular weight excluding hydrogens is 188 g/mol. The summed E-state index contributed by atoms with van der Waals surface area (Å²) in [5, 5.41) is 18.4. The quantitative estimate of drug-likeness (QED) is 0.709. The Morgan fingerprint density at radius 2 is 2.21 bits per heavy atom. The molecule has 0 amide bonds. The van der Waals surface area contributed by atoms with Crippen molar-refractivity contribution in [2.75, 3.05) is 13.7 Å². The van der Waals surface area contributed by atoms with Crippen LogP contribution >= 0.6 is 0 Å². The lowest BCUT2D eigenvalue weighted by Gasteiger charge is -2.18. The van der Waals surface area contributed by atoms with Crippen molar-refractivity contribution >= 4 is 0 Å². The second kappa shape index (κ2) is 3.81. The molecule has 78 valence electrons. The summed E-state index contributed by atoms with van der Waals surface area (Å²) < 4.78 is 9.55. The molecule has 0 radical (unpaired) electrons. The van der Waals surface area contributed by atoms with Crippen molar-refractivity contribution in [1.29, 1.82) is 0 Å². The van der Waals surface area contributed by atoms with Crippen LogP contribution in [-0.2, 0) is 5.60 Å². The van der Waals surface area contributed by atoms with E-state index >= 15 is 0 Å². The highest BCUT2D eigenvalue weighted by Gasteiger charge is 2.26. The van der Waals surface area contributed by atoms with E-state index in [1.807, 2.05) is 0 Å². The zero-order valence-electron chi connectivity index (χ0n) is 7.98. The summed E-state index contributed by atoms with van der Waals surface area (Å²) in [5.41, 5.74) is -2.21. The van der Waals surface area contributed by atoms with Crippen LogP contribution in [0.3, 0.4) is 0 Å². The summed E-state index contributed by atoms with van der Waals surface area (Å²) in [7, 11) is 1.40. The summed E-state index contributed by atoms with van der Waals surface area (Å²) in [6.07, 6.45) is 0. The van der Waals surface area contributed by atoms with E-state index in [9.17, 15) is 9.90 Å². The lowest BCUT2D eigenvalue weighted by Crippen LogP contribution is -2.27. The molecule has 1 rings (SSSR count). The minimum Gasteiger partial charge on any atom is -0.496 e. The van der Waals surface area contributed by atoms with Gasteiger partial charge in [-0.15, -0.1) is 0 Å². The molecule has 1 unspecified atom stereocenters. The number of rotatable bonds is 3. The van der Waals surface area contributed by atoms with E-state index in [-0.39, 0.29) is 11.5 Å². The first-order chi connectivity index (χ1) is 6.49. The highest BCUT2D eigenvalue weighted by molar-refractivity contribution is 5.23. The lowest BCUT2D eigenvalue weighted by molar-refractivity contribution is -0.0220. The smallest absolute Gasteiger partial charge is 0.339 e. The number of hydrogen-bond acceptors (Lipinski definition) is 5. The maximum Gasteiger partial charge on any atom is 0.339 e. The molecule has 1 aromatic heterocycles. The van der Waals surface area contributed by atoms with Crippen LogP contribution in [0.2, 0.25) is 0 Å². The van der Waals surface area contributed by atoms with Gasteiger partial charge in [-0.05, 0) is 6.92 Å². The molecule has 0 bridgehead atoms. The summed E-state index contributed by atoms with van der Waals surface area (Å²) in [4.78, 5) is 11.0. The normalized spacial score (nSPS) is 14.9. The minimum atomic E-state index is -1.58. The van der Waals surface area contributed by atoms with Crippen LogP contribution in [-0.4, -0.2) is 23.9 Å². The van der Waals surface area contributed by atoms with Crippen LogP contribution in [0.15, 0.2) is 21.3 Å². The summed E-state index contributed by atoms with van der Waals surface area (Å²) in [6, 6.07) is 2.51. The molecular formula is C9H12O5. The topological polar surface area (TPSA) is 79.9 Å². The van der Waals surface area contributed by atoms with Gasteiger partial charge in [0, 0.05) is 6.07 Å². The Bertz CT molecular complexity index is 366. The van der Waals surface area contributed by atoms with Gasteiger partial charge in [0.15, 0.2) is 0 Å². The Morgan fingerprint density at radius 1 is 1.57 bits per heavy atom. The second-order valence-corrected chi connectivity index (χ2v) is 3.11. The predicted octanol–water partition coefficient (Wildman–Crippen LogP) is -0.152. The first-order valence-corrected chi connectivity index (χ1v) is 4.02. The first-order valence-electron chi connectivity index (χ1n) is 4.02. The Morgan fingerprint density at radius 3 is 2.71 bits per heavy atom. The van der Waals surface area contributed by atoms with Crippen LogP contribution < -0.4 is 10.4 Å². The number of aliphatic hydroxyl groups is 2. The van der Waals surface area contributed by atoms with E-state index in [0.29, 0.717) is 0 Å². The third-order valence-corrected chi connectivity index (χ3v) is 1.82. The largest absolute Gasteiger partial charge is 0.496 e. The molecule has 0 saturated heterocycles. The van der Waals surface area contributed by atoms with Crippen molar-refractivity contribution in [2.24, 2.45) is 0 Å². The molecule has 0 aliphatic carbocycles. The Kier molecular flexibility index (Phi) is 2.93. The van der Waals surface area contributed by atoms with Gasteiger partial charge in [-0.1, -0.05) is 0 Å². The summed E-state index contributed by atoms with van der Waals surface area (Å²) in [6.45, 7) is 0.799. The SMILES string of the molecule is COc1cc(C(C)(O)CO)oc(=O)c1. The number of ether oxygens (including phenoxy) is 1. The standard InChI is InChI=1S/C9H12O5/c1-9(12,5-10)7-3-6(13-2)4-8(11)14-7/h3-4,10,12H,5H2,1-2H3. The molecule has 1 aromatic rings. The Hall–Kier alpha value is -1.33. The van der Waals surface area contributed by atoms with Gasteiger partial charge in [0.25, 0.3) is 0 Å². The summed E-state index contributed by atoms with van der Waals surface area (Å²) >= 11 is 0. The van der Waals surface area contributed by atoms with Crippen LogP contribution in [0.25, 0.3) is 0 Å². The maximum absolute atomic E-state index is 11.0. The fourth-order valence-corrected chi connectivity index (χ4v) is 0.916. The predicted molar refractivity (Wildman–Crippen MR) is 48.2 cm³/mol. The lowest BCUT2D eigenvalue weighted by atomic mass is 10.0. The Balaban J connectivity index is 3.22. The Labute approximate surface area is 80.6 Å². The van der Waals surface area contributed by atoms with Crippen LogP contribution in [0.5, 0.6) is 5.75 Å². The molecule has 0 aliphatic rings. The van der Waals surface area contributed by atoms with Gasteiger partial charge in [-0.2, -0.15) is 0 Å². The van der Waals surface area contributed by atoms with E-state index in [4.69, 9.17) is 14.3 Å². The van der Waals surface area contributed by atoms with Gasteiger partial charge in [0.1, 0.15) is 17.1 Å². The number of aliphatic hydroxyl groups excluding tert-OH is 1. The summed E-state index contributed by atoms with van der Waals surface area (Å²) in [5.74, 6) is 0.259. The van der Waals surface area contributed by atoms with Crippen molar-refractivity contribution in [3.63, 3.8) is 0 Å². The molecule has 14 heavy (non-hydrogen) atoms. The van der Waals surface area contributed by atoms with E-state index < -0.39 is 17.8 Å². The van der Waals surface area contributed by atoms with Gasteiger partial charge in [0.05, 0.1) is 19.8 Å². The van der Waals surface area contributed by atoms with Crippen molar-refractivity contribution in [2.45, 2.75) is 12.5 Å². The average molecular weight is 200 g/mol. The van der Waals surface area contributed by atoms with Gasteiger partial charge < -0.3 is 19.4 Å². The van der Waals surface area contributed by atoms with E-state index in [0.717, 1.165) is 6.07 Å². The first kappa shape index (κ1) is 10.7. The zero-order chi connectivity index (χ0) is 10.8. The molecule has 1 atom stereocenters. The molecule has 0 aromatic carbocycles. The molecule has 0 spiro atoms. The minimum absolute atomic E-state index is 0.0237. The van der Waals surface area contributed by atoms with Crippen molar-refractivity contribution < 1.29 is 19.4 Å². The third kappa shape index (κ3) is 2.12. The molecule has 0 aliphatic heterocycles. The van der Waals surface area contributed by atoms with Crippen LogP contribution in [0.1, 0.15) is 12.7 Å². The van der Waals surface area contributed by atoms with Gasteiger partial charge >= 0.3 is 5.63 Å². The fraction of sp³-hybridized carbons (Fsp3) is 0.444. The molecule has 2 N–H and O–H groups in total. The van der Waals surface area contributed by atoms with E-state index in [1.165, 1.54) is 20.1 Å². The number of hydrogen-bond donors (Lipinski definition) is 2. The van der Waals surface area contributed by atoms with Crippen LogP contribution in [0, 0.1) is 0 Å². The van der Waals surface area contributed by atoms with Crippen molar-refractivity contribution in [3.05, 3.63) is 28.3 Å². The molecule has 0 fully saturated rings. The molecule has 5 nitrogen and oxygen atoms in total. The monoisotopic (exact) mass is 200 g/mol. The maximum atomic E-state index is 11.0. The fourth-order valence-electron chi connectivity index (χ4n) is 0.916. The highest BCUT2D eigenvalue weighted by Crippen LogP contribution is 2.21. The number of methoxy groups -OCH3 is 1. The molecule has 1 heterocycles. The molecule has 0 saturated carbocycles. The van der Waals surface area contributed by atoms with Crippen molar-refractivity contribution in [3.8, 4) is 5.75 Å². The van der Waals surface area contributed by atoms with Gasteiger partial charge in [-0.25, -0.2) is 4.79 Å². The van der Waals surface area contributed by atoms with Crippen molar-refractivity contribution in [1.82, 2.24) is 0 Å². The van der Waals surface area contributed by atoms with Gasteiger partial charge in [0.2, 0.25) is 0 Å². The van der Waals surface area contributed by atoms with E-state index in [1.54, 1.807) is 0 Å². The third-order valence-electron chi connectivity index (χ3n) is 1.82. The van der Waals surface area contributed by atoms with Gasteiger partial charge in [-0.3, -0.25) is 0 Å². The highest BCUT2D eigenvalue weighted by atomic mass is 16.5. The average Bonchev–Trinajstić information content (AvgIpc) is 2.16.